The van der Waals surface area contributed by atoms with Crippen molar-refractivity contribution in [2.24, 2.45) is 5.73 Å². The summed E-state index contributed by atoms with van der Waals surface area (Å²) >= 11 is 0. The molecule has 1 aliphatic rings. The van der Waals surface area contributed by atoms with Gasteiger partial charge in [-0.1, -0.05) is 42.5 Å². The maximum absolute atomic E-state index is 9.40. The summed E-state index contributed by atoms with van der Waals surface area (Å²) in [6, 6.07) is 16.8. The first kappa shape index (κ1) is 14.3. The lowest BCUT2D eigenvalue weighted by atomic mass is 9.97. The summed E-state index contributed by atoms with van der Waals surface area (Å²) in [4.78, 5) is 0. The summed E-state index contributed by atoms with van der Waals surface area (Å²) in [7, 11) is 1.86. The second-order valence-electron chi connectivity index (χ2n) is 5.88. The molecule has 1 aliphatic carbocycles. The van der Waals surface area contributed by atoms with Gasteiger partial charge in [0.2, 0.25) is 0 Å². The second-order valence-corrected chi connectivity index (χ2v) is 5.88. The molecule has 3 heteroatoms. The van der Waals surface area contributed by atoms with E-state index >= 15 is 0 Å². The zero-order valence-electron chi connectivity index (χ0n) is 12.3. The maximum Gasteiger partial charge on any atom is 0.0626 e. The zero-order chi connectivity index (χ0) is 14.9. The van der Waals surface area contributed by atoms with Gasteiger partial charge in [-0.3, -0.25) is 0 Å². The zero-order valence-corrected chi connectivity index (χ0v) is 12.3. The number of likely N-dealkylation sites (N-methyl/N-ethyl adjacent to an activating group) is 1. The third kappa shape index (κ3) is 2.86. The summed E-state index contributed by atoms with van der Waals surface area (Å²) in [5, 5.41) is 12.5. The lowest BCUT2D eigenvalue weighted by molar-refractivity contribution is 0.251. The van der Waals surface area contributed by atoms with Crippen molar-refractivity contribution in [3.8, 4) is 11.1 Å². The van der Waals surface area contributed by atoms with Gasteiger partial charge in [0.15, 0.2) is 0 Å². The molecule has 2 aromatic carbocycles. The number of benzene rings is 2. The monoisotopic (exact) mass is 282 g/mol. The number of aliphatic hydroxyl groups excluding tert-OH is 1. The topological polar surface area (TPSA) is 58.3 Å². The Labute approximate surface area is 125 Å². The SMILES string of the molecule is CNC(CO)c1cccc(-c2ccc(C3(N)CC3)cc2)c1. The van der Waals surface area contributed by atoms with Crippen LogP contribution in [-0.2, 0) is 5.54 Å². The van der Waals surface area contributed by atoms with Gasteiger partial charge in [0, 0.05) is 5.54 Å². The standard InChI is InChI=1S/C18H22N2O/c1-20-17(12-21)15-4-2-3-14(11-15)13-5-7-16(8-6-13)18(19)9-10-18/h2-8,11,17,20-21H,9-10,12,19H2,1H3. The van der Waals surface area contributed by atoms with Gasteiger partial charge < -0.3 is 16.2 Å². The lowest BCUT2D eigenvalue weighted by Gasteiger charge is -2.15. The fourth-order valence-electron chi connectivity index (χ4n) is 2.72. The van der Waals surface area contributed by atoms with Gasteiger partial charge in [0.1, 0.15) is 0 Å². The smallest absolute Gasteiger partial charge is 0.0626 e. The molecular weight excluding hydrogens is 260 g/mol. The van der Waals surface area contributed by atoms with Crippen LogP contribution in [0.1, 0.15) is 30.0 Å². The summed E-state index contributed by atoms with van der Waals surface area (Å²) in [6.07, 6.45) is 2.17. The normalized spacial score (nSPS) is 17.5. The molecule has 0 aliphatic heterocycles. The molecule has 0 spiro atoms. The van der Waals surface area contributed by atoms with Gasteiger partial charge in [-0.2, -0.15) is 0 Å². The van der Waals surface area contributed by atoms with Crippen LogP contribution in [-0.4, -0.2) is 18.8 Å². The maximum atomic E-state index is 9.40. The van der Waals surface area contributed by atoms with Gasteiger partial charge in [-0.25, -0.2) is 0 Å². The minimum absolute atomic E-state index is 0.0250. The molecular formula is C18H22N2O. The van der Waals surface area contributed by atoms with Gasteiger partial charge in [-0.05, 0) is 48.2 Å². The van der Waals surface area contributed by atoms with E-state index in [1.807, 2.05) is 19.2 Å². The summed E-state index contributed by atoms with van der Waals surface area (Å²) in [5.41, 5.74) is 10.8. The highest BCUT2D eigenvalue weighted by Gasteiger charge is 2.39. The Hall–Kier alpha value is -1.68. The van der Waals surface area contributed by atoms with Crippen LogP contribution in [0.3, 0.4) is 0 Å². The summed E-state index contributed by atoms with van der Waals surface area (Å²) in [5.74, 6) is 0. The molecule has 4 N–H and O–H groups in total. The van der Waals surface area contributed by atoms with Crippen molar-refractivity contribution in [1.82, 2.24) is 5.32 Å². The van der Waals surface area contributed by atoms with Crippen LogP contribution in [0.4, 0.5) is 0 Å². The average molecular weight is 282 g/mol. The van der Waals surface area contributed by atoms with E-state index in [4.69, 9.17) is 5.73 Å². The molecule has 1 atom stereocenters. The number of hydrogen-bond acceptors (Lipinski definition) is 3. The van der Waals surface area contributed by atoms with Crippen molar-refractivity contribution in [2.75, 3.05) is 13.7 Å². The van der Waals surface area contributed by atoms with Crippen molar-refractivity contribution < 1.29 is 5.11 Å². The van der Waals surface area contributed by atoms with Crippen molar-refractivity contribution in [3.63, 3.8) is 0 Å². The number of hydrogen-bond donors (Lipinski definition) is 3. The molecule has 0 saturated heterocycles. The van der Waals surface area contributed by atoms with E-state index in [2.05, 4.69) is 41.7 Å². The highest BCUT2D eigenvalue weighted by atomic mass is 16.3. The largest absolute Gasteiger partial charge is 0.394 e. The fraction of sp³-hybridized carbons (Fsp3) is 0.333. The number of nitrogens with two attached hydrogens (primary N) is 1. The molecule has 0 heterocycles. The molecule has 1 unspecified atom stereocenters. The van der Waals surface area contributed by atoms with Crippen LogP contribution in [0, 0.1) is 0 Å². The molecule has 0 bridgehead atoms. The van der Waals surface area contributed by atoms with E-state index in [0.29, 0.717) is 0 Å². The van der Waals surface area contributed by atoms with Crippen LogP contribution in [0.15, 0.2) is 48.5 Å². The Morgan fingerprint density at radius 3 is 2.43 bits per heavy atom. The van der Waals surface area contributed by atoms with Gasteiger partial charge in [0.25, 0.3) is 0 Å². The van der Waals surface area contributed by atoms with E-state index in [-0.39, 0.29) is 18.2 Å². The van der Waals surface area contributed by atoms with E-state index in [0.717, 1.165) is 24.0 Å². The first-order valence-corrected chi connectivity index (χ1v) is 7.44. The molecule has 21 heavy (non-hydrogen) atoms. The Balaban J connectivity index is 1.88. The first-order chi connectivity index (χ1) is 10.2. The van der Waals surface area contributed by atoms with E-state index in [1.165, 1.54) is 11.1 Å². The number of aliphatic hydroxyl groups is 1. The van der Waals surface area contributed by atoms with Crippen molar-refractivity contribution in [3.05, 3.63) is 59.7 Å². The molecule has 0 radical (unpaired) electrons. The Morgan fingerprint density at radius 1 is 1.14 bits per heavy atom. The lowest BCUT2D eigenvalue weighted by Crippen LogP contribution is -2.19. The van der Waals surface area contributed by atoms with Gasteiger partial charge >= 0.3 is 0 Å². The number of nitrogens with one attached hydrogen (secondary N) is 1. The predicted molar refractivity (Wildman–Crippen MR) is 85.9 cm³/mol. The molecule has 3 nitrogen and oxygen atoms in total. The Bertz CT molecular complexity index is 613. The summed E-state index contributed by atoms with van der Waals surface area (Å²) < 4.78 is 0. The van der Waals surface area contributed by atoms with Crippen molar-refractivity contribution in [2.45, 2.75) is 24.4 Å². The van der Waals surface area contributed by atoms with Crippen molar-refractivity contribution in [1.29, 1.82) is 0 Å². The summed E-state index contributed by atoms with van der Waals surface area (Å²) in [6.45, 7) is 0.0918. The highest BCUT2D eigenvalue weighted by Crippen LogP contribution is 2.42. The quantitative estimate of drug-likeness (QED) is 0.790. The molecule has 0 aromatic heterocycles. The minimum Gasteiger partial charge on any atom is -0.394 e. The van der Waals surface area contributed by atoms with Crippen LogP contribution in [0.25, 0.3) is 11.1 Å². The number of rotatable bonds is 5. The van der Waals surface area contributed by atoms with Gasteiger partial charge in [-0.15, -0.1) is 0 Å². The molecule has 1 fully saturated rings. The molecule has 3 rings (SSSR count). The van der Waals surface area contributed by atoms with Crippen LogP contribution in [0.2, 0.25) is 0 Å². The Morgan fingerprint density at radius 2 is 1.86 bits per heavy atom. The van der Waals surface area contributed by atoms with Crippen LogP contribution in [0.5, 0.6) is 0 Å². The van der Waals surface area contributed by atoms with Crippen molar-refractivity contribution >= 4 is 0 Å². The minimum atomic E-state index is -0.0749. The predicted octanol–water partition coefficient (Wildman–Crippen LogP) is 2.55. The van der Waals surface area contributed by atoms with Gasteiger partial charge in [0.05, 0.1) is 12.6 Å². The third-order valence-corrected chi connectivity index (χ3v) is 4.40. The molecule has 1 saturated carbocycles. The second kappa shape index (κ2) is 5.60. The molecule has 110 valence electrons. The molecule has 2 aromatic rings. The molecule has 0 amide bonds. The Kier molecular flexibility index (Phi) is 3.81. The highest BCUT2D eigenvalue weighted by molar-refractivity contribution is 5.65. The van der Waals surface area contributed by atoms with E-state index < -0.39 is 0 Å². The first-order valence-electron chi connectivity index (χ1n) is 7.44. The fourth-order valence-corrected chi connectivity index (χ4v) is 2.72. The van der Waals surface area contributed by atoms with E-state index in [9.17, 15) is 5.11 Å². The van der Waals surface area contributed by atoms with E-state index in [1.54, 1.807) is 0 Å². The van der Waals surface area contributed by atoms with Crippen LogP contribution < -0.4 is 11.1 Å². The van der Waals surface area contributed by atoms with Crippen LogP contribution >= 0.6 is 0 Å². The average Bonchev–Trinajstić information content (AvgIpc) is 3.28. The third-order valence-electron chi connectivity index (χ3n) is 4.40.